The number of nitrogens with zero attached hydrogens (tertiary/aromatic N) is 1. The molecule has 1 amide bonds. The Bertz CT molecular complexity index is 326. The van der Waals surface area contributed by atoms with Gasteiger partial charge in [-0.05, 0) is 38.5 Å². The normalized spacial score (nSPS) is 36.1. The van der Waals surface area contributed by atoms with E-state index in [9.17, 15) is 4.79 Å². The summed E-state index contributed by atoms with van der Waals surface area (Å²) in [5.74, 6) is 0.255. The van der Waals surface area contributed by atoms with Crippen molar-refractivity contribution in [3.63, 3.8) is 0 Å². The summed E-state index contributed by atoms with van der Waals surface area (Å²) in [5.41, 5.74) is -0.163. The van der Waals surface area contributed by atoms with E-state index in [1.165, 1.54) is 0 Å². The summed E-state index contributed by atoms with van der Waals surface area (Å²) in [5, 5.41) is 3.43. The summed E-state index contributed by atoms with van der Waals surface area (Å²) in [4.78, 5) is 14.5. The number of hydrogen-bond acceptors (Lipinski definition) is 3. The van der Waals surface area contributed by atoms with Gasteiger partial charge in [0, 0.05) is 19.8 Å². The van der Waals surface area contributed by atoms with Gasteiger partial charge < -0.3 is 9.64 Å². The van der Waals surface area contributed by atoms with E-state index >= 15 is 0 Å². The van der Waals surface area contributed by atoms with Crippen molar-refractivity contribution in [3.8, 4) is 0 Å². The summed E-state index contributed by atoms with van der Waals surface area (Å²) < 4.78 is 5.43. The van der Waals surface area contributed by atoms with E-state index in [1.54, 1.807) is 0 Å². The van der Waals surface area contributed by atoms with Gasteiger partial charge in [0.05, 0.1) is 11.7 Å². The first-order valence-electron chi connectivity index (χ1n) is 7.07. The van der Waals surface area contributed by atoms with Crippen LogP contribution in [-0.2, 0) is 9.53 Å². The third kappa shape index (κ3) is 2.41. The lowest BCUT2D eigenvalue weighted by Gasteiger charge is -2.38. The average molecular weight is 254 g/mol. The van der Waals surface area contributed by atoms with Gasteiger partial charge in [0.15, 0.2) is 0 Å². The van der Waals surface area contributed by atoms with E-state index in [4.69, 9.17) is 4.74 Å². The Labute approximate surface area is 110 Å². The first-order chi connectivity index (χ1) is 8.40. The maximum atomic E-state index is 12.5. The zero-order valence-corrected chi connectivity index (χ0v) is 12.1. The molecule has 0 saturated carbocycles. The van der Waals surface area contributed by atoms with Crippen LogP contribution < -0.4 is 5.32 Å². The molecular weight excluding hydrogens is 228 g/mol. The van der Waals surface area contributed by atoms with E-state index in [-0.39, 0.29) is 23.0 Å². The van der Waals surface area contributed by atoms with Gasteiger partial charge >= 0.3 is 0 Å². The number of amides is 1. The predicted octanol–water partition coefficient (Wildman–Crippen LogP) is 1.75. The van der Waals surface area contributed by atoms with Crippen LogP contribution in [0.3, 0.4) is 0 Å². The van der Waals surface area contributed by atoms with E-state index < -0.39 is 0 Å². The van der Waals surface area contributed by atoms with Crippen molar-refractivity contribution in [3.05, 3.63) is 0 Å². The largest absolute Gasteiger partial charge is 0.381 e. The molecule has 2 rings (SSSR count). The van der Waals surface area contributed by atoms with Crippen LogP contribution in [0.5, 0.6) is 0 Å². The summed E-state index contributed by atoms with van der Waals surface area (Å²) >= 11 is 0. The minimum atomic E-state index is -0.374. The van der Waals surface area contributed by atoms with Gasteiger partial charge in [-0.15, -0.1) is 0 Å². The van der Waals surface area contributed by atoms with Gasteiger partial charge in [0.25, 0.3) is 0 Å². The van der Waals surface area contributed by atoms with Crippen molar-refractivity contribution in [1.82, 2.24) is 10.2 Å². The number of nitrogens with one attached hydrogen (secondary N) is 1. The lowest BCUT2D eigenvalue weighted by Crippen LogP contribution is -2.45. The van der Waals surface area contributed by atoms with Crippen molar-refractivity contribution in [2.45, 2.75) is 58.7 Å². The van der Waals surface area contributed by atoms with Gasteiger partial charge in [-0.2, -0.15) is 0 Å². The third-order valence-electron chi connectivity index (χ3n) is 4.69. The molecule has 0 aromatic carbocycles. The number of carbonyl (C=O) groups excluding carboxylic acids is 1. The van der Waals surface area contributed by atoms with Gasteiger partial charge in [0.2, 0.25) is 5.91 Å². The molecule has 2 aliphatic heterocycles. The summed E-state index contributed by atoms with van der Waals surface area (Å²) in [6.07, 6.45) is 3.08. The highest BCUT2D eigenvalue weighted by Gasteiger charge is 2.46. The molecule has 0 bridgehead atoms. The van der Waals surface area contributed by atoms with E-state index in [0.717, 1.165) is 39.0 Å². The maximum absolute atomic E-state index is 12.5. The van der Waals surface area contributed by atoms with Crippen LogP contribution >= 0.6 is 0 Å². The Balaban J connectivity index is 2.07. The zero-order valence-electron chi connectivity index (χ0n) is 12.1. The smallest absolute Gasteiger partial charge is 0.243 e. The molecule has 2 heterocycles. The lowest BCUT2D eigenvalue weighted by atomic mass is 9.81. The molecule has 4 heteroatoms. The molecule has 1 N–H and O–H groups in total. The Hall–Kier alpha value is -0.610. The van der Waals surface area contributed by atoms with Crippen LogP contribution in [-0.4, -0.2) is 42.3 Å². The molecular formula is C14H26N2O2. The maximum Gasteiger partial charge on any atom is 0.243 e. The fraction of sp³-hybridized carbons (Fsp3) is 0.929. The zero-order chi connectivity index (χ0) is 13.4. The molecule has 4 nitrogen and oxygen atoms in total. The third-order valence-corrected chi connectivity index (χ3v) is 4.69. The molecule has 2 unspecified atom stereocenters. The highest BCUT2D eigenvalue weighted by molar-refractivity contribution is 5.88. The molecule has 104 valence electrons. The molecule has 0 radical (unpaired) electrons. The summed E-state index contributed by atoms with van der Waals surface area (Å²) in [7, 11) is 0. The number of hydrogen-bond donors (Lipinski definition) is 1. The number of carbonyl (C=O) groups is 1. The molecule has 0 aromatic heterocycles. The molecule has 2 aliphatic rings. The molecule has 0 aliphatic carbocycles. The fourth-order valence-corrected chi connectivity index (χ4v) is 2.99. The van der Waals surface area contributed by atoms with Crippen molar-refractivity contribution in [2.75, 3.05) is 19.8 Å². The fourth-order valence-electron chi connectivity index (χ4n) is 2.99. The van der Waals surface area contributed by atoms with Crippen LogP contribution in [0, 0.1) is 5.41 Å². The minimum Gasteiger partial charge on any atom is -0.381 e. The lowest BCUT2D eigenvalue weighted by molar-refractivity contribution is -0.135. The van der Waals surface area contributed by atoms with Crippen molar-refractivity contribution in [1.29, 1.82) is 0 Å². The summed E-state index contributed by atoms with van der Waals surface area (Å²) in [6, 6.07) is 0. The predicted molar refractivity (Wildman–Crippen MR) is 71.2 cm³/mol. The summed E-state index contributed by atoms with van der Waals surface area (Å²) in [6.45, 7) is 10.9. The first kappa shape index (κ1) is 13.8. The molecule has 2 atom stereocenters. The Morgan fingerprint density at radius 1 is 1.39 bits per heavy atom. The quantitative estimate of drug-likeness (QED) is 0.834. The average Bonchev–Trinajstić information content (AvgIpc) is 2.55. The Morgan fingerprint density at radius 3 is 2.50 bits per heavy atom. The SMILES string of the molecule is CCC1(C)NC(C)N(CC2(C)CCOCC2)C1=O. The Kier molecular flexibility index (Phi) is 3.70. The van der Waals surface area contributed by atoms with E-state index in [0.29, 0.717) is 0 Å². The van der Waals surface area contributed by atoms with Gasteiger partial charge in [-0.1, -0.05) is 13.8 Å². The van der Waals surface area contributed by atoms with Crippen LogP contribution in [0.25, 0.3) is 0 Å². The number of rotatable bonds is 3. The Morgan fingerprint density at radius 2 is 2.00 bits per heavy atom. The van der Waals surface area contributed by atoms with Crippen molar-refractivity contribution < 1.29 is 9.53 Å². The van der Waals surface area contributed by atoms with Crippen molar-refractivity contribution in [2.24, 2.45) is 5.41 Å². The monoisotopic (exact) mass is 254 g/mol. The second-order valence-corrected chi connectivity index (χ2v) is 6.36. The molecule has 0 spiro atoms. The van der Waals surface area contributed by atoms with Crippen LogP contribution in [0.2, 0.25) is 0 Å². The second-order valence-electron chi connectivity index (χ2n) is 6.36. The van der Waals surface area contributed by atoms with Crippen LogP contribution in [0.4, 0.5) is 0 Å². The highest BCUT2D eigenvalue weighted by Crippen LogP contribution is 2.34. The second kappa shape index (κ2) is 4.82. The van der Waals surface area contributed by atoms with Crippen LogP contribution in [0.15, 0.2) is 0 Å². The number of ether oxygens (including phenoxy) is 1. The first-order valence-corrected chi connectivity index (χ1v) is 7.07. The molecule has 2 fully saturated rings. The highest BCUT2D eigenvalue weighted by atomic mass is 16.5. The topological polar surface area (TPSA) is 41.6 Å². The van der Waals surface area contributed by atoms with Crippen LogP contribution in [0.1, 0.15) is 47.0 Å². The van der Waals surface area contributed by atoms with Crippen molar-refractivity contribution >= 4 is 5.91 Å². The molecule has 0 aromatic rings. The standard InChI is InChI=1S/C14H26N2O2/c1-5-14(4)12(17)16(11(2)15-14)10-13(3)6-8-18-9-7-13/h11,15H,5-10H2,1-4H3. The molecule has 2 saturated heterocycles. The van der Waals surface area contributed by atoms with E-state index in [1.807, 2.05) is 11.8 Å². The van der Waals surface area contributed by atoms with E-state index in [2.05, 4.69) is 26.1 Å². The van der Waals surface area contributed by atoms with Gasteiger partial charge in [-0.25, -0.2) is 0 Å². The van der Waals surface area contributed by atoms with Gasteiger partial charge in [-0.3, -0.25) is 10.1 Å². The van der Waals surface area contributed by atoms with Gasteiger partial charge in [0.1, 0.15) is 0 Å². The molecule has 18 heavy (non-hydrogen) atoms. The minimum absolute atomic E-state index is 0.141.